The zero-order valence-electron chi connectivity index (χ0n) is 13.6. The van der Waals surface area contributed by atoms with Crippen molar-refractivity contribution >= 4 is 11.6 Å². The van der Waals surface area contributed by atoms with E-state index in [1.807, 2.05) is 30.3 Å². The minimum atomic E-state index is -0.535. The van der Waals surface area contributed by atoms with Crippen LogP contribution in [0.1, 0.15) is 6.92 Å². The highest BCUT2D eigenvalue weighted by Crippen LogP contribution is 2.22. The fourth-order valence-corrected chi connectivity index (χ4v) is 2.36. The molecule has 1 aromatic carbocycles. The first-order valence-electron chi connectivity index (χ1n) is 7.53. The summed E-state index contributed by atoms with van der Waals surface area (Å²) < 4.78 is 11.6. The van der Waals surface area contributed by atoms with E-state index >= 15 is 0 Å². The van der Waals surface area contributed by atoms with Crippen LogP contribution in [0.2, 0.25) is 5.02 Å². The second-order valence-corrected chi connectivity index (χ2v) is 5.31. The molecule has 0 saturated heterocycles. The first-order chi connectivity index (χ1) is 12.1. The highest BCUT2D eigenvalue weighted by Gasteiger charge is 2.15. The number of aromatic nitrogens is 4. The maximum atomic E-state index is 12.5. The second kappa shape index (κ2) is 7.31. The van der Waals surface area contributed by atoms with Crippen molar-refractivity contribution in [2.45, 2.75) is 6.92 Å². The Labute approximate surface area is 148 Å². The van der Waals surface area contributed by atoms with E-state index in [9.17, 15) is 4.79 Å². The topological polar surface area (TPSA) is 79.1 Å². The molecule has 0 bridgehead atoms. The van der Waals surface area contributed by atoms with E-state index in [1.165, 1.54) is 19.4 Å². The van der Waals surface area contributed by atoms with Crippen LogP contribution in [0.25, 0.3) is 17.2 Å². The number of nitrogens with zero attached hydrogens (tertiary/aromatic N) is 4. The quantitative estimate of drug-likeness (QED) is 0.697. The second-order valence-electron chi connectivity index (χ2n) is 4.93. The van der Waals surface area contributed by atoms with Gasteiger partial charge in [-0.05, 0) is 6.92 Å². The highest BCUT2D eigenvalue weighted by molar-refractivity contribution is 6.31. The van der Waals surface area contributed by atoms with Crippen LogP contribution in [0, 0.1) is 0 Å². The molecule has 0 saturated carbocycles. The van der Waals surface area contributed by atoms with Gasteiger partial charge in [0.25, 0.3) is 5.56 Å². The summed E-state index contributed by atoms with van der Waals surface area (Å²) in [6.45, 7) is 2.17. The smallest absolute Gasteiger partial charge is 0.295 e. The van der Waals surface area contributed by atoms with Crippen molar-refractivity contribution in [3.8, 4) is 28.8 Å². The van der Waals surface area contributed by atoms with Crippen LogP contribution in [0.15, 0.2) is 47.4 Å². The summed E-state index contributed by atoms with van der Waals surface area (Å²) >= 11 is 6.08. The van der Waals surface area contributed by atoms with Gasteiger partial charge in [-0.2, -0.15) is 14.8 Å². The van der Waals surface area contributed by atoms with Gasteiger partial charge in [0, 0.05) is 11.6 Å². The number of halogens is 1. The first kappa shape index (κ1) is 16.9. The lowest BCUT2D eigenvalue weighted by atomic mass is 10.2. The van der Waals surface area contributed by atoms with E-state index in [0.29, 0.717) is 18.3 Å². The minimum Gasteiger partial charge on any atom is -0.490 e. The Morgan fingerprint density at radius 1 is 1.20 bits per heavy atom. The third-order valence-corrected chi connectivity index (χ3v) is 3.68. The average molecular weight is 359 g/mol. The number of rotatable bonds is 5. The first-order valence-corrected chi connectivity index (χ1v) is 7.91. The van der Waals surface area contributed by atoms with Gasteiger partial charge in [0.05, 0.1) is 19.9 Å². The molecule has 128 valence electrons. The largest absolute Gasteiger partial charge is 0.490 e. The molecule has 0 fully saturated rings. The Kier molecular flexibility index (Phi) is 4.95. The van der Waals surface area contributed by atoms with Crippen molar-refractivity contribution in [3.05, 3.63) is 58.0 Å². The van der Waals surface area contributed by atoms with Crippen LogP contribution in [0.5, 0.6) is 11.6 Å². The van der Waals surface area contributed by atoms with E-state index in [1.54, 1.807) is 6.92 Å². The lowest BCUT2D eigenvalue weighted by molar-refractivity contribution is 0.336. The molecule has 0 aliphatic carbocycles. The van der Waals surface area contributed by atoms with Crippen molar-refractivity contribution in [2.24, 2.45) is 0 Å². The molecule has 0 unspecified atom stereocenters. The normalized spacial score (nSPS) is 10.5. The molecule has 0 atom stereocenters. The van der Waals surface area contributed by atoms with Crippen molar-refractivity contribution in [2.75, 3.05) is 13.7 Å². The molecule has 0 radical (unpaired) electrons. The Hall–Kier alpha value is -2.93. The lowest BCUT2D eigenvalue weighted by Crippen LogP contribution is -2.23. The standard InChI is InChI=1S/C17H15ClN4O3/c1-3-25-12-10-19-22(17(23)15(12)18)13-9-14(24-2)21-16(20-13)11-7-5-4-6-8-11/h4-10H,3H2,1-2H3. The molecular formula is C17H15ClN4O3. The van der Waals surface area contributed by atoms with Gasteiger partial charge in [-0.3, -0.25) is 4.79 Å². The number of hydrogen-bond acceptors (Lipinski definition) is 6. The molecule has 2 aromatic heterocycles. The molecule has 3 aromatic rings. The van der Waals surface area contributed by atoms with Gasteiger partial charge >= 0.3 is 0 Å². The molecule has 0 aliphatic rings. The SMILES string of the molecule is CCOc1cnn(-c2cc(OC)nc(-c3ccccc3)n2)c(=O)c1Cl. The molecular weight excluding hydrogens is 344 g/mol. The maximum Gasteiger partial charge on any atom is 0.295 e. The van der Waals surface area contributed by atoms with Crippen molar-refractivity contribution in [3.63, 3.8) is 0 Å². The highest BCUT2D eigenvalue weighted by atomic mass is 35.5. The predicted molar refractivity (Wildman–Crippen MR) is 93.6 cm³/mol. The third-order valence-electron chi connectivity index (χ3n) is 3.33. The summed E-state index contributed by atoms with van der Waals surface area (Å²) in [7, 11) is 1.49. The van der Waals surface area contributed by atoms with Crippen LogP contribution in [-0.2, 0) is 0 Å². The number of methoxy groups -OCH3 is 1. The summed E-state index contributed by atoms with van der Waals surface area (Å²) in [5, 5.41) is 4.03. The number of ether oxygens (including phenoxy) is 2. The van der Waals surface area contributed by atoms with Crippen molar-refractivity contribution in [1.29, 1.82) is 0 Å². The van der Waals surface area contributed by atoms with Gasteiger partial charge in [-0.1, -0.05) is 41.9 Å². The fourth-order valence-electron chi connectivity index (χ4n) is 2.18. The van der Waals surface area contributed by atoms with E-state index in [-0.39, 0.29) is 16.6 Å². The summed E-state index contributed by atoms with van der Waals surface area (Å²) in [4.78, 5) is 21.2. The maximum absolute atomic E-state index is 12.5. The summed E-state index contributed by atoms with van der Waals surface area (Å²) in [5.74, 6) is 1.20. The Morgan fingerprint density at radius 2 is 1.96 bits per heavy atom. The van der Waals surface area contributed by atoms with Crippen LogP contribution in [0.3, 0.4) is 0 Å². The predicted octanol–water partition coefficient (Wildman–Crippen LogP) is 2.75. The van der Waals surface area contributed by atoms with Gasteiger partial charge < -0.3 is 9.47 Å². The van der Waals surface area contributed by atoms with Crippen LogP contribution < -0.4 is 15.0 Å². The van der Waals surface area contributed by atoms with Gasteiger partial charge in [-0.25, -0.2) is 4.98 Å². The molecule has 0 aliphatic heterocycles. The van der Waals surface area contributed by atoms with Gasteiger partial charge in [0.15, 0.2) is 22.4 Å². The van der Waals surface area contributed by atoms with E-state index in [0.717, 1.165) is 10.2 Å². The van der Waals surface area contributed by atoms with Crippen LogP contribution in [0.4, 0.5) is 0 Å². The third kappa shape index (κ3) is 3.46. The van der Waals surface area contributed by atoms with Crippen molar-refractivity contribution in [1.82, 2.24) is 19.7 Å². The Balaban J connectivity index is 2.15. The van der Waals surface area contributed by atoms with Gasteiger partial charge in [0.1, 0.15) is 0 Å². The molecule has 0 N–H and O–H groups in total. The van der Waals surface area contributed by atoms with E-state index in [2.05, 4.69) is 15.1 Å². The van der Waals surface area contributed by atoms with Gasteiger partial charge in [-0.15, -0.1) is 0 Å². The summed E-state index contributed by atoms with van der Waals surface area (Å²) in [6, 6.07) is 10.9. The average Bonchev–Trinajstić information content (AvgIpc) is 2.66. The van der Waals surface area contributed by atoms with Crippen molar-refractivity contribution < 1.29 is 9.47 Å². The zero-order valence-corrected chi connectivity index (χ0v) is 14.4. The molecule has 0 spiro atoms. The number of hydrogen-bond donors (Lipinski definition) is 0. The molecule has 25 heavy (non-hydrogen) atoms. The summed E-state index contributed by atoms with van der Waals surface area (Å²) in [6.07, 6.45) is 1.38. The lowest BCUT2D eigenvalue weighted by Gasteiger charge is -2.10. The zero-order chi connectivity index (χ0) is 17.8. The Bertz CT molecular complexity index is 944. The fraction of sp³-hybridized carbons (Fsp3) is 0.176. The molecule has 2 heterocycles. The Morgan fingerprint density at radius 3 is 2.64 bits per heavy atom. The minimum absolute atomic E-state index is 0.0595. The molecule has 8 heteroatoms. The van der Waals surface area contributed by atoms with E-state index in [4.69, 9.17) is 21.1 Å². The monoisotopic (exact) mass is 358 g/mol. The molecule has 7 nitrogen and oxygen atoms in total. The van der Waals surface area contributed by atoms with Crippen LogP contribution in [-0.4, -0.2) is 33.5 Å². The van der Waals surface area contributed by atoms with Crippen LogP contribution >= 0.6 is 11.6 Å². The van der Waals surface area contributed by atoms with Gasteiger partial charge in [0.2, 0.25) is 5.88 Å². The van der Waals surface area contributed by atoms with E-state index < -0.39 is 5.56 Å². The molecule has 3 rings (SSSR count). The summed E-state index contributed by atoms with van der Waals surface area (Å²) in [5.41, 5.74) is 0.250. The molecule has 0 amide bonds. The number of benzene rings is 1.